The van der Waals surface area contributed by atoms with Crippen LogP contribution in [-0.2, 0) is 17.6 Å². The van der Waals surface area contributed by atoms with E-state index in [1.807, 2.05) is 0 Å². The van der Waals surface area contributed by atoms with Gasteiger partial charge in [-0.15, -0.1) is 12.4 Å². The summed E-state index contributed by atoms with van der Waals surface area (Å²) in [5, 5.41) is 2.80. The lowest BCUT2D eigenvalue weighted by Crippen LogP contribution is -2.12. The van der Waals surface area contributed by atoms with Crippen LogP contribution in [0.4, 0.5) is 11.5 Å². The Kier molecular flexibility index (Phi) is 6.69. The fourth-order valence-electron chi connectivity index (χ4n) is 1.90. The summed E-state index contributed by atoms with van der Waals surface area (Å²) in [4.78, 5) is 15.8. The molecule has 0 radical (unpaired) electrons. The topological polar surface area (TPSA) is 68.0 Å². The number of aryl methyl sites for hydroxylation is 2. The largest absolute Gasteiger partial charge is 0.384 e. The number of nitrogens with zero attached hydrogens (tertiary/aromatic N) is 1. The standard InChI is InChI=1S/C16H19N3O.ClH/c1-2-12-3-5-13(6-4-12)7-10-16(20)19-14-8-9-15(17)18-11-14;/h3-6,8-9,11H,2,7,10H2,1H3,(H2,17,18)(H,19,20);1H. The first kappa shape index (κ1) is 17.0. The second-order valence-electron chi connectivity index (χ2n) is 4.69. The van der Waals surface area contributed by atoms with Gasteiger partial charge in [-0.1, -0.05) is 31.2 Å². The second kappa shape index (κ2) is 8.27. The molecule has 0 spiro atoms. The van der Waals surface area contributed by atoms with Gasteiger partial charge in [0.25, 0.3) is 0 Å². The van der Waals surface area contributed by atoms with Gasteiger partial charge in [0.2, 0.25) is 5.91 Å². The number of hydrogen-bond donors (Lipinski definition) is 2. The molecule has 0 atom stereocenters. The Balaban J connectivity index is 0.00000220. The molecule has 1 heterocycles. The highest BCUT2D eigenvalue weighted by Gasteiger charge is 2.03. The van der Waals surface area contributed by atoms with Crippen LogP contribution < -0.4 is 11.1 Å². The molecule has 0 fully saturated rings. The van der Waals surface area contributed by atoms with Crippen LogP contribution in [0.15, 0.2) is 42.6 Å². The van der Waals surface area contributed by atoms with E-state index in [1.165, 1.54) is 11.1 Å². The molecule has 0 aliphatic carbocycles. The van der Waals surface area contributed by atoms with Crippen molar-refractivity contribution in [2.24, 2.45) is 0 Å². The third-order valence-electron chi connectivity index (χ3n) is 3.14. The molecule has 5 heteroatoms. The third-order valence-corrected chi connectivity index (χ3v) is 3.14. The highest BCUT2D eigenvalue weighted by Crippen LogP contribution is 2.10. The van der Waals surface area contributed by atoms with Crippen molar-refractivity contribution < 1.29 is 4.79 Å². The smallest absolute Gasteiger partial charge is 0.224 e. The van der Waals surface area contributed by atoms with Crippen LogP contribution >= 0.6 is 12.4 Å². The minimum Gasteiger partial charge on any atom is -0.384 e. The zero-order valence-corrected chi connectivity index (χ0v) is 12.8. The van der Waals surface area contributed by atoms with Gasteiger partial charge < -0.3 is 11.1 Å². The summed E-state index contributed by atoms with van der Waals surface area (Å²) < 4.78 is 0. The molecular formula is C16H20ClN3O. The Labute approximate surface area is 131 Å². The average molecular weight is 306 g/mol. The molecule has 0 unspecified atom stereocenters. The molecule has 0 saturated carbocycles. The first-order chi connectivity index (χ1) is 9.67. The van der Waals surface area contributed by atoms with Gasteiger partial charge in [0.1, 0.15) is 5.82 Å². The number of carbonyl (C=O) groups excluding carboxylic acids is 1. The highest BCUT2D eigenvalue weighted by atomic mass is 35.5. The fraction of sp³-hybridized carbons (Fsp3) is 0.250. The number of anilines is 2. The van der Waals surface area contributed by atoms with E-state index in [4.69, 9.17) is 5.73 Å². The molecule has 1 aromatic carbocycles. The van der Waals surface area contributed by atoms with Crippen LogP contribution in [0.5, 0.6) is 0 Å². The van der Waals surface area contributed by atoms with Gasteiger partial charge in [-0.2, -0.15) is 0 Å². The first-order valence-electron chi connectivity index (χ1n) is 6.76. The molecular weight excluding hydrogens is 286 g/mol. The van der Waals surface area contributed by atoms with E-state index < -0.39 is 0 Å². The van der Waals surface area contributed by atoms with E-state index in [0.29, 0.717) is 17.9 Å². The predicted octanol–water partition coefficient (Wildman–Crippen LogP) is 3.22. The quantitative estimate of drug-likeness (QED) is 0.891. The molecule has 1 amide bonds. The molecule has 112 valence electrons. The molecule has 0 saturated heterocycles. The molecule has 2 aromatic rings. The normalized spacial score (nSPS) is 9.76. The van der Waals surface area contributed by atoms with Gasteiger partial charge >= 0.3 is 0 Å². The van der Waals surface area contributed by atoms with Crippen molar-refractivity contribution in [1.82, 2.24) is 4.98 Å². The number of carbonyl (C=O) groups is 1. The highest BCUT2D eigenvalue weighted by molar-refractivity contribution is 5.90. The summed E-state index contributed by atoms with van der Waals surface area (Å²) in [5.41, 5.74) is 8.65. The molecule has 4 nitrogen and oxygen atoms in total. The predicted molar refractivity (Wildman–Crippen MR) is 88.7 cm³/mol. The molecule has 21 heavy (non-hydrogen) atoms. The summed E-state index contributed by atoms with van der Waals surface area (Å²) in [5.74, 6) is 0.426. The number of nitrogen functional groups attached to an aromatic ring is 1. The number of nitrogens with one attached hydrogen (secondary N) is 1. The zero-order chi connectivity index (χ0) is 14.4. The Morgan fingerprint density at radius 1 is 1.14 bits per heavy atom. The lowest BCUT2D eigenvalue weighted by Gasteiger charge is -2.05. The third kappa shape index (κ3) is 5.44. The van der Waals surface area contributed by atoms with E-state index in [1.54, 1.807) is 18.3 Å². The molecule has 3 N–H and O–H groups in total. The van der Waals surface area contributed by atoms with Crippen LogP contribution in [0.2, 0.25) is 0 Å². The molecule has 0 bridgehead atoms. The maximum Gasteiger partial charge on any atom is 0.224 e. The molecule has 0 aliphatic heterocycles. The minimum absolute atomic E-state index is 0. The van der Waals surface area contributed by atoms with Crippen LogP contribution in [-0.4, -0.2) is 10.9 Å². The maximum absolute atomic E-state index is 11.8. The Hall–Kier alpha value is -2.07. The number of aromatic nitrogens is 1. The fourth-order valence-corrected chi connectivity index (χ4v) is 1.90. The van der Waals surface area contributed by atoms with Crippen molar-refractivity contribution in [2.45, 2.75) is 26.2 Å². The number of nitrogens with two attached hydrogens (primary N) is 1. The van der Waals surface area contributed by atoms with Gasteiger partial charge in [0.05, 0.1) is 11.9 Å². The van der Waals surface area contributed by atoms with Crippen molar-refractivity contribution in [3.8, 4) is 0 Å². The number of pyridine rings is 1. The number of benzene rings is 1. The Morgan fingerprint density at radius 3 is 2.38 bits per heavy atom. The minimum atomic E-state index is -0.0175. The van der Waals surface area contributed by atoms with E-state index in [-0.39, 0.29) is 18.3 Å². The van der Waals surface area contributed by atoms with Gasteiger partial charge in [-0.3, -0.25) is 4.79 Å². The Bertz CT molecular complexity index is 567. The summed E-state index contributed by atoms with van der Waals surface area (Å²) in [6.07, 6.45) is 3.78. The van der Waals surface area contributed by atoms with E-state index >= 15 is 0 Å². The first-order valence-corrected chi connectivity index (χ1v) is 6.76. The Morgan fingerprint density at radius 2 is 1.81 bits per heavy atom. The lowest BCUT2D eigenvalue weighted by atomic mass is 10.1. The van der Waals surface area contributed by atoms with Crippen molar-refractivity contribution in [3.05, 3.63) is 53.7 Å². The van der Waals surface area contributed by atoms with Crippen LogP contribution in [0.1, 0.15) is 24.5 Å². The van der Waals surface area contributed by atoms with Crippen molar-refractivity contribution in [3.63, 3.8) is 0 Å². The summed E-state index contributed by atoms with van der Waals surface area (Å²) in [7, 11) is 0. The van der Waals surface area contributed by atoms with Gasteiger partial charge in [0.15, 0.2) is 0 Å². The number of amides is 1. The zero-order valence-electron chi connectivity index (χ0n) is 12.0. The van der Waals surface area contributed by atoms with E-state index in [0.717, 1.165) is 12.8 Å². The summed E-state index contributed by atoms with van der Waals surface area (Å²) in [6.45, 7) is 2.13. The van der Waals surface area contributed by atoms with Crippen LogP contribution in [0.3, 0.4) is 0 Å². The summed E-state index contributed by atoms with van der Waals surface area (Å²) >= 11 is 0. The second-order valence-corrected chi connectivity index (χ2v) is 4.69. The molecule has 1 aromatic heterocycles. The maximum atomic E-state index is 11.8. The SMILES string of the molecule is CCc1ccc(CCC(=O)Nc2ccc(N)nc2)cc1.Cl. The van der Waals surface area contributed by atoms with Gasteiger partial charge in [0, 0.05) is 6.42 Å². The van der Waals surface area contributed by atoms with Crippen LogP contribution in [0.25, 0.3) is 0 Å². The van der Waals surface area contributed by atoms with Crippen molar-refractivity contribution >= 4 is 29.8 Å². The number of rotatable bonds is 5. The van der Waals surface area contributed by atoms with Crippen LogP contribution in [0, 0.1) is 0 Å². The van der Waals surface area contributed by atoms with Gasteiger partial charge in [-0.25, -0.2) is 4.98 Å². The molecule has 2 rings (SSSR count). The van der Waals surface area contributed by atoms with Crippen molar-refractivity contribution in [2.75, 3.05) is 11.1 Å². The number of hydrogen-bond acceptors (Lipinski definition) is 3. The average Bonchev–Trinajstić information content (AvgIpc) is 2.48. The van der Waals surface area contributed by atoms with Gasteiger partial charge in [-0.05, 0) is 36.1 Å². The summed E-state index contributed by atoms with van der Waals surface area (Å²) in [6, 6.07) is 11.8. The van der Waals surface area contributed by atoms with E-state index in [9.17, 15) is 4.79 Å². The number of halogens is 1. The monoisotopic (exact) mass is 305 g/mol. The van der Waals surface area contributed by atoms with Crippen molar-refractivity contribution in [1.29, 1.82) is 0 Å². The van der Waals surface area contributed by atoms with E-state index in [2.05, 4.69) is 41.5 Å². The molecule has 0 aliphatic rings. The lowest BCUT2D eigenvalue weighted by molar-refractivity contribution is -0.116.